The van der Waals surface area contributed by atoms with Gasteiger partial charge in [-0.1, -0.05) is 27.7 Å². The molecule has 1 aliphatic rings. The van der Waals surface area contributed by atoms with Crippen molar-refractivity contribution in [2.45, 2.75) is 40.2 Å². The van der Waals surface area contributed by atoms with Crippen LogP contribution < -0.4 is 0 Å². The van der Waals surface area contributed by atoms with Crippen LogP contribution in [-0.2, 0) is 9.59 Å². The van der Waals surface area contributed by atoms with Crippen LogP contribution in [0, 0.1) is 11.3 Å². The molecule has 1 N–H and O–H groups in total. The monoisotopic (exact) mass is 213 g/mol. The SMILES string of the molecule is CC1CCN(C(=O)C(C)(C)C)C1C(=O)O. The van der Waals surface area contributed by atoms with Crippen LogP contribution in [0.4, 0.5) is 0 Å². The van der Waals surface area contributed by atoms with Crippen molar-refractivity contribution in [1.29, 1.82) is 0 Å². The average Bonchev–Trinajstić information content (AvgIpc) is 2.43. The summed E-state index contributed by atoms with van der Waals surface area (Å²) in [6.07, 6.45) is 0.777. The fourth-order valence-corrected chi connectivity index (χ4v) is 1.98. The van der Waals surface area contributed by atoms with Gasteiger partial charge in [0, 0.05) is 12.0 Å². The average molecular weight is 213 g/mol. The number of carboxylic acid groups (broad SMARTS) is 1. The minimum Gasteiger partial charge on any atom is -0.480 e. The lowest BCUT2D eigenvalue weighted by atomic mass is 9.94. The van der Waals surface area contributed by atoms with Crippen LogP contribution in [0.3, 0.4) is 0 Å². The highest BCUT2D eigenvalue weighted by Gasteiger charge is 2.42. The molecule has 1 heterocycles. The molecule has 0 radical (unpaired) electrons. The molecule has 1 rings (SSSR count). The molecule has 0 aromatic carbocycles. The van der Waals surface area contributed by atoms with Crippen molar-refractivity contribution in [1.82, 2.24) is 4.90 Å². The molecule has 1 fully saturated rings. The number of nitrogens with zero attached hydrogens (tertiary/aromatic N) is 1. The fraction of sp³-hybridized carbons (Fsp3) is 0.818. The van der Waals surface area contributed by atoms with Crippen molar-refractivity contribution in [2.24, 2.45) is 11.3 Å². The summed E-state index contributed by atoms with van der Waals surface area (Å²) in [5.74, 6) is -0.911. The number of amides is 1. The van der Waals surface area contributed by atoms with Crippen LogP contribution in [0.15, 0.2) is 0 Å². The normalized spacial score (nSPS) is 26.8. The first-order valence-electron chi connectivity index (χ1n) is 5.29. The highest BCUT2D eigenvalue weighted by atomic mass is 16.4. The lowest BCUT2D eigenvalue weighted by Gasteiger charge is -2.29. The van der Waals surface area contributed by atoms with Crippen LogP contribution in [0.25, 0.3) is 0 Å². The van der Waals surface area contributed by atoms with Gasteiger partial charge in [0.05, 0.1) is 0 Å². The molecule has 1 saturated heterocycles. The molecule has 2 atom stereocenters. The van der Waals surface area contributed by atoms with E-state index in [0.717, 1.165) is 6.42 Å². The summed E-state index contributed by atoms with van der Waals surface area (Å²) >= 11 is 0. The molecular formula is C11H19NO3. The second kappa shape index (κ2) is 3.83. The number of carbonyl (C=O) groups excluding carboxylic acids is 1. The number of carboxylic acids is 1. The molecule has 0 spiro atoms. The Balaban J connectivity index is 2.87. The minimum absolute atomic E-state index is 0.0498. The van der Waals surface area contributed by atoms with E-state index in [2.05, 4.69) is 0 Å². The predicted octanol–water partition coefficient (Wildman–Crippen LogP) is 1.35. The molecule has 0 bridgehead atoms. The number of likely N-dealkylation sites (tertiary alicyclic amines) is 1. The molecule has 15 heavy (non-hydrogen) atoms. The zero-order chi connectivity index (χ0) is 11.8. The number of aliphatic carboxylic acids is 1. The maximum absolute atomic E-state index is 12.0. The Morgan fingerprint density at radius 2 is 1.87 bits per heavy atom. The third-order valence-electron chi connectivity index (χ3n) is 2.86. The first-order valence-corrected chi connectivity index (χ1v) is 5.29. The largest absolute Gasteiger partial charge is 0.480 e. The number of hydrogen-bond acceptors (Lipinski definition) is 2. The molecule has 2 unspecified atom stereocenters. The summed E-state index contributed by atoms with van der Waals surface area (Å²) in [5, 5.41) is 9.07. The maximum atomic E-state index is 12.0. The lowest BCUT2D eigenvalue weighted by Crippen LogP contribution is -2.47. The van der Waals surface area contributed by atoms with Gasteiger partial charge in [-0.3, -0.25) is 4.79 Å². The van der Waals surface area contributed by atoms with Gasteiger partial charge in [-0.05, 0) is 12.3 Å². The van der Waals surface area contributed by atoms with Gasteiger partial charge in [0.2, 0.25) is 5.91 Å². The van der Waals surface area contributed by atoms with E-state index in [1.165, 1.54) is 4.90 Å². The maximum Gasteiger partial charge on any atom is 0.326 e. The van der Waals surface area contributed by atoms with E-state index < -0.39 is 17.4 Å². The standard InChI is InChI=1S/C11H19NO3/c1-7-5-6-12(8(7)9(13)14)10(15)11(2,3)4/h7-8H,5-6H2,1-4H3,(H,13,14). The van der Waals surface area contributed by atoms with Crippen molar-refractivity contribution in [3.8, 4) is 0 Å². The highest BCUT2D eigenvalue weighted by Crippen LogP contribution is 2.29. The quantitative estimate of drug-likeness (QED) is 0.715. The van der Waals surface area contributed by atoms with Gasteiger partial charge in [-0.2, -0.15) is 0 Å². The van der Waals surface area contributed by atoms with Gasteiger partial charge in [0.15, 0.2) is 0 Å². The van der Waals surface area contributed by atoms with E-state index in [1.54, 1.807) is 0 Å². The van der Waals surface area contributed by atoms with Crippen LogP contribution in [0.5, 0.6) is 0 Å². The molecule has 0 saturated carbocycles. The third kappa shape index (κ3) is 2.30. The minimum atomic E-state index is -0.891. The van der Waals surface area contributed by atoms with Crippen molar-refractivity contribution >= 4 is 11.9 Å². The summed E-state index contributed by atoms with van der Waals surface area (Å²) in [6.45, 7) is 7.90. The van der Waals surface area contributed by atoms with E-state index in [1.807, 2.05) is 27.7 Å². The summed E-state index contributed by atoms with van der Waals surface area (Å²) < 4.78 is 0. The zero-order valence-corrected chi connectivity index (χ0v) is 9.78. The Bertz CT molecular complexity index is 280. The van der Waals surface area contributed by atoms with Crippen LogP contribution >= 0.6 is 0 Å². The lowest BCUT2D eigenvalue weighted by molar-refractivity contribution is -0.152. The summed E-state index contributed by atoms with van der Waals surface area (Å²) in [5.41, 5.74) is -0.502. The Morgan fingerprint density at radius 3 is 2.27 bits per heavy atom. The van der Waals surface area contributed by atoms with E-state index in [-0.39, 0.29) is 11.8 Å². The number of rotatable bonds is 1. The van der Waals surface area contributed by atoms with Gasteiger partial charge in [0.25, 0.3) is 0 Å². The van der Waals surface area contributed by atoms with Crippen molar-refractivity contribution in [2.75, 3.05) is 6.54 Å². The Morgan fingerprint density at radius 1 is 1.33 bits per heavy atom. The second-order valence-corrected chi connectivity index (χ2v) is 5.30. The van der Waals surface area contributed by atoms with Gasteiger partial charge in [0.1, 0.15) is 6.04 Å². The second-order valence-electron chi connectivity index (χ2n) is 5.30. The Labute approximate surface area is 90.3 Å². The molecule has 0 aromatic rings. The van der Waals surface area contributed by atoms with Crippen LogP contribution in [0.1, 0.15) is 34.1 Å². The summed E-state index contributed by atoms with van der Waals surface area (Å²) in [7, 11) is 0. The Kier molecular flexibility index (Phi) is 3.07. The molecule has 0 aromatic heterocycles. The molecule has 4 nitrogen and oxygen atoms in total. The van der Waals surface area contributed by atoms with E-state index >= 15 is 0 Å². The van der Waals surface area contributed by atoms with Gasteiger partial charge in [-0.15, -0.1) is 0 Å². The van der Waals surface area contributed by atoms with Crippen LogP contribution in [-0.4, -0.2) is 34.5 Å². The zero-order valence-electron chi connectivity index (χ0n) is 9.78. The molecule has 1 amide bonds. The summed E-state index contributed by atoms with van der Waals surface area (Å²) in [6, 6.07) is -0.642. The number of hydrogen-bond donors (Lipinski definition) is 1. The van der Waals surface area contributed by atoms with E-state index in [0.29, 0.717) is 6.54 Å². The number of carbonyl (C=O) groups is 2. The summed E-state index contributed by atoms with van der Waals surface area (Å²) in [4.78, 5) is 24.6. The predicted molar refractivity (Wildman–Crippen MR) is 56.4 cm³/mol. The van der Waals surface area contributed by atoms with E-state index in [9.17, 15) is 9.59 Å². The van der Waals surface area contributed by atoms with Gasteiger partial charge in [-0.25, -0.2) is 4.79 Å². The van der Waals surface area contributed by atoms with Crippen molar-refractivity contribution in [3.63, 3.8) is 0 Å². The topological polar surface area (TPSA) is 57.6 Å². The fourth-order valence-electron chi connectivity index (χ4n) is 1.98. The van der Waals surface area contributed by atoms with Crippen molar-refractivity contribution in [3.05, 3.63) is 0 Å². The molecule has 86 valence electrons. The first-order chi connectivity index (χ1) is 6.75. The van der Waals surface area contributed by atoms with Crippen molar-refractivity contribution < 1.29 is 14.7 Å². The third-order valence-corrected chi connectivity index (χ3v) is 2.86. The Hall–Kier alpha value is -1.06. The van der Waals surface area contributed by atoms with Gasteiger partial charge >= 0.3 is 5.97 Å². The molecular weight excluding hydrogens is 194 g/mol. The smallest absolute Gasteiger partial charge is 0.326 e. The van der Waals surface area contributed by atoms with Crippen LogP contribution in [0.2, 0.25) is 0 Å². The molecule has 1 aliphatic heterocycles. The van der Waals surface area contributed by atoms with E-state index in [4.69, 9.17) is 5.11 Å². The molecule has 4 heteroatoms. The van der Waals surface area contributed by atoms with Gasteiger partial charge < -0.3 is 10.0 Å². The molecule has 0 aliphatic carbocycles. The first kappa shape index (κ1) is 12.0. The highest BCUT2D eigenvalue weighted by molar-refractivity contribution is 5.87.